The molecule has 0 saturated heterocycles. The molecule has 142 valence electrons. The van der Waals surface area contributed by atoms with Crippen LogP contribution in [0.25, 0.3) is 0 Å². The molecule has 0 aliphatic heterocycles. The van der Waals surface area contributed by atoms with Gasteiger partial charge in [-0.05, 0) is 34.9 Å². The summed E-state index contributed by atoms with van der Waals surface area (Å²) in [4.78, 5) is 26.7. The molecule has 0 atom stereocenters. The zero-order valence-corrected chi connectivity index (χ0v) is 15.9. The molecule has 0 aromatic carbocycles. The van der Waals surface area contributed by atoms with Crippen LogP contribution in [0.4, 0.5) is 17.7 Å². The largest absolute Gasteiger partial charge is 0.354 e. The van der Waals surface area contributed by atoms with Gasteiger partial charge in [0.05, 0.1) is 6.42 Å². The molecule has 2 heterocycles. The number of likely N-dealkylation sites (N-methyl/N-ethyl adjacent to an activating group) is 1. The van der Waals surface area contributed by atoms with E-state index in [4.69, 9.17) is 0 Å². The Labute approximate surface area is 153 Å². The van der Waals surface area contributed by atoms with Crippen LogP contribution in [0.2, 0.25) is 0 Å². The third-order valence-corrected chi connectivity index (χ3v) is 3.26. The summed E-state index contributed by atoms with van der Waals surface area (Å²) < 4.78 is 0. The first-order valence-corrected chi connectivity index (χ1v) is 8.54. The van der Waals surface area contributed by atoms with E-state index in [0.717, 1.165) is 13.1 Å². The minimum absolute atomic E-state index is 0.0569. The molecule has 2 rings (SSSR count). The summed E-state index contributed by atoms with van der Waals surface area (Å²) in [5.74, 6) is 1.99. The summed E-state index contributed by atoms with van der Waals surface area (Å²) in [5, 5.41) is 16.0. The van der Waals surface area contributed by atoms with Crippen molar-refractivity contribution >= 4 is 23.6 Å². The van der Waals surface area contributed by atoms with Crippen molar-refractivity contribution in [2.24, 2.45) is 0 Å². The zero-order chi connectivity index (χ0) is 19.1. The SMILES string of the molecule is Cc1nc(NCCN(C)C)nc(Nc2cc(CC(=O)NC(C)C)[nH]n2)n1. The Morgan fingerprint density at radius 2 is 1.96 bits per heavy atom. The maximum atomic E-state index is 11.8. The number of nitrogens with one attached hydrogen (secondary N) is 4. The predicted molar refractivity (Wildman–Crippen MR) is 100 cm³/mol. The van der Waals surface area contributed by atoms with Gasteiger partial charge in [0.2, 0.25) is 17.8 Å². The number of aryl methyl sites for hydroxylation is 1. The highest BCUT2D eigenvalue weighted by molar-refractivity contribution is 5.78. The first-order chi connectivity index (χ1) is 12.3. The normalized spacial score (nSPS) is 11.0. The Kier molecular flexibility index (Phi) is 6.84. The van der Waals surface area contributed by atoms with E-state index >= 15 is 0 Å². The molecule has 0 radical (unpaired) electrons. The van der Waals surface area contributed by atoms with Crippen LogP contribution in [0.15, 0.2) is 6.07 Å². The zero-order valence-electron chi connectivity index (χ0n) is 15.9. The maximum Gasteiger partial charge on any atom is 0.233 e. The number of hydrogen-bond donors (Lipinski definition) is 4. The third-order valence-electron chi connectivity index (χ3n) is 3.26. The van der Waals surface area contributed by atoms with Gasteiger partial charge in [-0.15, -0.1) is 0 Å². The molecule has 0 spiro atoms. The summed E-state index contributed by atoms with van der Waals surface area (Å²) in [6, 6.07) is 1.87. The van der Waals surface area contributed by atoms with E-state index in [1.165, 1.54) is 0 Å². The maximum absolute atomic E-state index is 11.8. The van der Waals surface area contributed by atoms with Gasteiger partial charge in [0.1, 0.15) is 5.82 Å². The van der Waals surface area contributed by atoms with Gasteiger partial charge < -0.3 is 20.9 Å². The molecule has 10 nitrogen and oxygen atoms in total. The second-order valence-electron chi connectivity index (χ2n) is 6.56. The molecular formula is C16H27N9O. The topological polar surface area (TPSA) is 124 Å². The van der Waals surface area contributed by atoms with Gasteiger partial charge in [-0.1, -0.05) is 0 Å². The summed E-state index contributed by atoms with van der Waals surface area (Å²) in [7, 11) is 4.01. The Morgan fingerprint density at radius 1 is 1.23 bits per heavy atom. The molecule has 0 fully saturated rings. The number of hydrogen-bond acceptors (Lipinski definition) is 8. The molecule has 0 aliphatic rings. The van der Waals surface area contributed by atoms with Crippen LogP contribution in [-0.2, 0) is 11.2 Å². The fraction of sp³-hybridized carbons (Fsp3) is 0.562. The minimum Gasteiger partial charge on any atom is -0.354 e. The van der Waals surface area contributed by atoms with Crippen LogP contribution in [0.3, 0.4) is 0 Å². The van der Waals surface area contributed by atoms with Crippen LogP contribution >= 0.6 is 0 Å². The van der Waals surface area contributed by atoms with Crippen molar-refractivity contribution in [3.05, 3.63) is 17.6 Å². The van der Waals surface area contributed by atoms with Gasteiger partial charge in [-0.3, -0.25) is 9.89 Å². The van der Waals surface area contributed by atoms with Gasteiger partial charge in [-0.25, -0.2) is 0 Å². The van der Waals surface area contributed by atoms with E-state index in [0.29, 0.717) is 29.2 Å². The average Bonchev–Trinajstić information content (AvgIpc) is 2.92. The first-order valence-electron chi connectivity index (χ1n) is 8.54. The van der Waals surface area contributed by atoms with Gasteiger partial charge in [-0.2, -0.15) is 20.1 Å². The predicted octanol–water partition coefficient (Wildman–Crippen LogP) is 0.687. The van der Waals surface area contributed by atoms with E-state index in [1.54, 1.807) is 13.0 Å². The standard InChI is InChI=1S/C16H27N9O/c1-10(2)18-14(26)9-12-8-13(24-23-12)21-16-20-11(3)19-15(22-16)17-6-7-25(4)5/h8,10H,6-7,9H2,1-5H3,(H,18,26)(H3,17,19,20,21,22,23,24). The number of aromatic amines is 1. The first kappa shape index (κ1) is 19.6. The smallest absolute Gasteiger partial charge is 0.233 e. The highest BCUT2D eigenvalue weighted by atomic mass is 16.1. The Hall–Kier alpha value is -2.75. The molecule has 4 N–H and O–H groups in total. The van der Waals surface area contributed by atoms with Crippen LogP contribution < -0.4 is 16.0 Å². The number of rotatable bonds is 9. The summed E-state index contributed by atoms with van der Waals surface area (Å²) in [6.07, 6.45) is 0.237. The molecule has 26 heavy (non-hydrogen) atoms. The molecular weight excluding hydrogens is 334 g/mol. The number of carbonyl (C=O) groups excluding carboxylic acids is 1. The quantitative estimate of drug-likeness (QED) is 0.514. The Bertz CT molecular complexity index is 726. The van der Waals surface area contributed by atoms with Crippen molar-refractivity contribution in [1.82, 2.24) is 35.4 Å². The van der Waals surface area contributed by atoms with Crippen LogP contribution in [-0.4, -0.2) is 69.2 Å². The van der Waals surface area contributed by atoms with Gasteiger partial charge >= 0.3 is 0 Å². The fourth-order valence-electron chi connectivity index (χ4n) is 2.18. The number of anilines is 3. The summed E-state index contributed by atoms with van der Waals surface area (Å²) in [6.45, 7) is 7.24. The monoisotopic (exact) mass is 361 g/mol. The lowest BCUT2D eigenvalue weighted by molar-refractivity contribution is -0.120. The fourth-order valence-corrected chi connectivity index (χ4v) is 2.18. The van der Waals surface area contributed by atoms with Crippen molar-refractivity contribution in [3.63, 3.8) is 0 Å². The Balaban J connectivity index is 1.97. The number of H-pyrrole nitrogens is 1. The van der Waals surface area contributed by atoms with Crippen molar-refractivity contribution < 1.29 is 4.79 Å². The van der Waals surface area contributed by atoms with E-state index in [9.17, 15) is 4.79 Å². The van der Waals surface area contributed by atoms with E-state index in [2.05, 4.69) is 46.0 Å². The molecule has 2 aromatic rings. The molecule has 0 aliphatic carbocycles. The second-order valence-corrected chi connectivity index (χ2v) is 6.56. The number of amides is 1. The van der Waals surface area contributed by atoms with Crippen molar-refractivity contribution in [1.29, 1.82) is 0 Å². The summed E-state index contributed by atoms with van der Waals surface area (Å²) in [5.41, 5.74) is 0.709. The van der Waals surface area contributed by atoms with Gasteiger partial charge in [0.25, 0.3) is 0 Å². The lowest BCUT2D eigenvalue weighted by Crippen LogP contribution is -2.31. The van der Waals surface area contributed by atoms with Gasteiger partial charge in [0, 0.05) is 30.9 Å². The van der Waals surface area contributed by atoms with Crippen LogP contribution in [0.1, 0.15) is 25.4 Å². The molecule has 0 saturated carbocycles. The summed E-state index contributed by atoms with van der Waals surface area (Å²) >= 11 is 0. The van der Waals surface area contributed by atoms with E-state index in [1.807, 2.05) is 27.9 Å². The number of nitrogens with zero attached hydrogens (tertiary/aromatic N) is 5. The molecule has 0 unspecified atom stereocenters. The Morgan fingerprint density at radius 3 is 2.65 bits per heavy atom. The van der Waals surface area contributed by atoms with Crippen molar-refractivity contribution in [3.8, 4) is 0 Å². The number of aromatic nitrogens is 5. The third kappa shape index (κ3) is 6.63. The van der Waals surface area contributed by atoms with E-state index < -0.39 is 0 Å². The van der Waals surface area contributed by atoms with Crippen molar-refractivity contribution in [2.75, 3.05) is 37.8 Å². The lowest BCUT2D eigenvalue weighted by atomic mass is 10.2. The van der Waals surface area contributed by atoms with Crippen molar-refractivity contribution in [2.45, 2.75) is 33.2 Å². The minimum atomic E-state index is -0.0569. The highest BCUT2D eigenvalue weighted by Gasteiger charge is 2.10. The molecule has 2 aromatic heterocycles. The van der Waals surface area contributed by atoms with Gasteiger partial charge in [0.15, 0.2) is 5.82 Å². The molecule has 10 heteroatoms. The molecule has 0 bridgehead atoms. The van der Waals surface area contributed by atoms with E-state index in [-0.39, 0.29) is 18.4 Å². The highest BCUT2D eigenvalue weighted by Crippen LogP contribution is 2.13. The van der Waals surface area contributed by atoms with Crippen LogP contribution in [0.5, 0.6) is 0 Å². The van der Waals surface area contributed by atoms with Crippen LogP contribution in [0, 0.1) is 6.92 Å². The number of carbonyl (C=O) groups is 1. The average molecular weight is 361 g/mol. The second kappa shape index (κ2) is 9.09. The molecule has 1 amide bonds. The lowest BCUT2D eigenvalue weighted by Gasteiger charge is -2.11.